The van der Waals surface area contributed by atoms with E-state index >= 15 is 0 Å². The quantitative estimate of drug-likeness (QED) is 0.651. The number of halogens is 4. The predicted octanol–water partition coefficient (Wildman–Crippen LogP) is 3.38. The van der Waals surface area contributed by atoms with Gasteiger partial charge in [-0.1, -0.05) is 43.6 Å². The van der Waals surface area contributed by atoms with Gasteiger partial charge in [-0.05, 0) is 31.3 Å². The summed E-state index contributed by atoms with van der Waals surface area (Å²) in [6, 6.07) is 7.46. The Bertz CT molecular complexity index is 1060. The van der Waals surface area contributed by atoms with Crippen molar-refractivity contribution >= 4 is 29.1 Å². The van der Waals surface area contributed by atoms with E-state index in [9.17, 15) is 27.9 Å². The molecule has 2 amide bonds. The van der Waals surface area contributed by atoms with E-state index in [4.69, 9.17) is 17.3 Å². The first kappa shape index (κ1) is 24.0. The molecule has 10 heteroatoms. The number of hydrogen-bond donors (Lipinski definition) is 2. The Kier molecular flexibility index (Phi) is 6.55. The van der Waals surface area contributed by atoms with Crippen LogP contribution in [0, 0.1) is 0 Å². The zero-order valence-electron chi connectivity index (χ0n) is 17.5. The first-order chi connectivity index (χ1) is 15.0. The lowest BCUT2D eigenvalue weighted by Crippen LogP contribution is -2.44. The smallest absolute Gasteiger partial charge is 0.372 e. The van der Waals surface area contributed by atoms with Crippen molar-refractivity contribution < 1.29 is 27.9 Å². The first-order valence-electron chi connectivity index (χ1n) is 10.0. The molecule has 1 heterocycles. The van der Waals surface area contributed by atoms with Crippen LogP contribution >= 0.6 is 11.6 Å². The molecule has 3 rings (SSSR count). The number of carbonyl (C=O) groups is 2. The molecule has 0 fully saturated rings. The van der Waals surface area contributed by atoms with E-state index in [0.29, 0.717) is 25.7 Å². The Morgan fingerprint density at radius 2 is 1.81 bits per heavy atom. The van der Waals surface area contributed by atoms with Crippen LogP contribution in [-0.4, -0.2) is 48.0 Å². The van der Waals surface area contributed by atoms with Crippen LogP contribution in [0.2, 0.25) is 5.02 Å². The van der Waals surface area contributed by atoms with E-state index in [0.717, 1.165) is 6.07 Å². The van der Waals surface area contributed by atoms with Crippen LogP contribution in [0.1, 0.15) is 40.9 Å². The second kappa shape index (κ2) is 8.73. The van der Waals surface area contributed by atoms with Gasteiger partial charge < -0.3 is 20.6 Å². The molecule has 2 aromatic carbocycles. The van der Waals surface area contributed by atoms with Gasteiger partial charge in [0, 0.05) is 29.2 Å². The average Bonchev–Trinajstić information content (AvgIpc) is 2.95. The molecule has 3 N–H and O–H groups in total. The summed E-state index contributed by atoms with van der Waals surface area (Å²) in [5.74, 6) is -2.13. The van der Waals surface area contributed by atoms with Gasteiger partial charge in [-0.15, -0.1) is 0 Å². The number of primary amides is 1. The Morgan fingerprint density at radius 3 is 2.34 bits per heavy atom. The standard InChI is InChI=1S/C22H23ClF3N3O3/c1-3-28(4-2)9-10-29-18-11-13(19(27)30)15(22(24,25)26)12-16(18)21(32,20(29)31)14-7-5-6-8-17(14)23/h5-8,11-12,32H,3-4,9-10H2,1-2H3,(H2,27,30). The normalized spacial score (nSPS) is 18.4. The van der Waals surface area contributed by atoms with Crippen LogP contribution in [0.25, 0.3) is 0 Å². The van der Waals surface area contributed by atoms with E-state index in [-0.39, 0.29) is 28.4 Å². The van der Waals surface area contributed by atoms with Gasteiger partial charge in [-0.25, -0.2) is 0 Å². The lowest BCUT2D eigenvalue weighted by Gasteiger charge is -2.26. The third-order valence-corrected chi connectivity index (χ3v) is 6.07. The zero-order chi connectivity index (χ0) is 23.8. The average molecular weight is 470 g/mol. The van der Waals surface area contributed by atoms with Gasteiger partial charge >= 0.3 is 6.18 Å². The maximum Gasteiger partial charge on any atom is 0.417 e. The fourth-order valence-electron chi connectivity index (χ4n) is 3.98. The van der Waals surface area contributed by atoms with E-state index in [2.05, 4.69) is 0 Å². The summed E-state index contributed by atoms with van der Waals surface area (Å²) in [6.07, 6.45) is -4.93. The van der Waals surface area contributed by atoms with E-state index in [1.54, 1.807) is 6.07 Å². The molecule has 1 atom stereocenters. The number of benzene rings is 2. The van der Waals surface area contributed by atoms with Crippen LogP contribution in [-0.2, 0) is 16.6 Å². The fraction of sp³-hybridized carbons (Fsp3) is 0.364. The number of hydrogen-bond acceptors (Lipinski definition) is 4. The summed E-state index contributed by atoms with van der Waals surface area (Å²) >= 11 is 6.22. The number of nitrogens with zero attached hydrogens (tertiary/aromatic N) is 2. The highest BCUT2D eigenvalue weighted by atomic mass is 35.5. The van der Waals surface area contributed by atoms with Crippen molar-refractivity contribution in [3.63, 3.8) is 0 Å². The first-order valence-corrected chi connectivity index (χ1v) is 10.4. The topological polar surface area (TPSA) is 86.9 Å². The number of fused-ring (bicyclic) bond motifs is 1. The Hall–Kier alpha value is -2.62. The summed E-state index contributed by atoms with van der Waals surface area (Å²) < 4.78 is 41.2. The van der Waals surface area contributed by atoms with Crippen LogP contribution < -0.4 is 10.6 Å². The predicted molar refractivity (Wildman–Crippen MR) is 115 cm³/mol. The van der Waals surface area contributed by atoms with Gasteiger partial charge in [0.25, 0.3) is 5.91 Å². The van der Waals surface area contributed by atoms with Gasteiger partial charge in [0.15, 0.2) is 5.60 Å². The monoisotopic (exact) mass is 469 g/mol. The Labute approximate surface area is 188 Å². The van der Waals surface area contributed by atoms with E-state index in [1.165, 1.54) is 23.1 Å². The summed E-state index contributed by atoms with van der Waals surface area (Å²) in [4.78, 5) is 28.5. The molecule has 32 heavy (non-hydrogen) atoms. The van der Waals surface area contributed by atoms with Crippen LogP contribution in [0.4, 0.5) is 18.9 Å². The van der Waals surface area contributed by atoms with Gasteiger partial charge in [0.05, 0.1) is 16.8 Å². The third-order valence-electron chi connectivity index (χ3n) is 5.74. The minimum absolute atomic E-state index is 0.00799. The van der Waals surface area contributed by atoms with E-state index < -0.39 is 34.7 Å². The number of anilines is 1. The van der Waals surface area contributed by atoms with Crippen molar-refractivity contribution in [3.8, 4) is 0 Å². The summed E-state index contributed by atoms with van der Waals surface area (Å²) in [7, 11) is 0. The van der Waals surface area contributed by atoms with Crippen molar-refractivity contribution in [2.24, 2.45) is 5.73 Å². The van der Waals surface area contributed by atoms with Gasteiger partial charge in [0.1, 0.15) is 0 Å². The van der Waals surface area contributed by atoms with Crippen LogP contribution in [0.3, 0.4) is 0 Å². The molecule has 0 aliphatic carbocycles. The number of nitrogens with two attached hydrogens (primary N) is 1. The third kappa shape index (κ3) is 3.96. The fourth-order valence-corrected chi connectivity index (χ4v) is 4.25. The SMILES string of the molecule is CCN(CC)CCN1C(=O)C(O)(c2ccccc2Cl)c2cc(C(F)(F)F)c(C(N)=O)cc21. The molecule has 1 unspecified atom stereocenters. The summed E-state index contributed by atoms with van der Waals surface area (Å²) in [5, 5.41) is 11.6. The molecular weight excluding hydrogens is 447 g/mol. The Balaban J connectivity index is 2.27. The summed E-state index contributed by atoms with van der Waals surface area (Å²) in [6.45, 7) is 5.75. The molecule has 0 saturated heterocycles. The molecule has 1 aliphatic rings. The molecule has 1 aliphatic heterocycles. The largest absolute Gasteiger partial charge is 0.417 e. The van der Waals surface area contributed by atoms with Crippen molar-refractivity contribution in [2.45, 2.75) is 25.6 Å². The van der Waals surface area contributed by atoms with Crippen LogP contribution in [0.5, 0.6) is 0 Å². The van der Waals surface area contributed by atoms with E-state index in [1.807, 2.05) is 18.7 Å². The van der Waals surface area contributed by atoms with Crippen molar-refractivity contribution in [1.82, 2.24) is 4.90 Å². The number of carbonyl (C=O) groups excluding carboxylic acids is 2. The minimum Gasteiger partial charge on any atom is -0.372 e. The zero-order valence-corrected chi connectivity index (χ0v) is 18.3. The number of aliphatic hydroxyl groups is 1. The number of amides is 2. The van der Waals surface area contributed by atoms with Crippen LogP contribution in [0.15, 0.2) is 36.4 Å². The molecule has 0 aromatic heterocycles. The molecule has 6 nitrogen and oxygen atoms in total. The molecule has 0 spiro atoms. The second-order valence-corrected chi connectivity index (χ2v) is 7.86. The molecule has 0 bridgehead atoms. The molecule has 172 valence electrons. The Morgan fingerprint density at radius 1 is 1.19 bits per heavy atom. The highest BCUT2D eigenvalue weighted by Crippen LogP contribution is 2.49. The molecule has 2 aromatic rings. The number of likely N-dealkylation sites (N-methyl/N-ethyl adjacent to an activating group) is 1. The van der Waals surface area contributed by atoms with Gasteiger partial charge in [-0.3, -0.25) is 9.59 Å². The molecule has 0 radical (unpaired) electrons. The van der Waals surface area contributed by atoms with Crippen molar-refractivity contribution in [1.29, 1.82) is 0 Å². The second-order valence-electron chi connectivity index (χ2n) is 7.45. The number of rotatable bonds is 7. The number of alkyl halides is 3. The maximum atomic E-state index is 13.7. The minimum atomic E-state index is -4.93. The highest BCUT2D eigenvalue weighted by molar-refractivity contribution is 6.32. The maximum absolute atomic E-state index is 13.7. The molecule has 0 saturated carbocycles. The lowest BCUT2D eigenvalue weighted by atomic mass is 9.85. The van der Waals surface area contributed by atoms with Crippen molar-refractivity contribution in [3.05, 3.63) is 63.7 Å². The lowest BCUT2D eigenvalue weighted by molar-refractivity contribution is -0.138. The van der Waals surface area contributed by atoms with Gasteiger partial charge in [0.2, 0.25) is 5.91 Å². The summed E-state index contributed by atoms with van der Waals surface area (Å²) in [5.41, 5.74) is 0.314. The highest BCUT2D eigenvalue weighted by Gasteiger charge is 2.53. The molecular formula is C22H23ClF3N3O3. The van der Waals surface area contributed by atoms with Gasteiger partial charge in [-0.2, -0.15) is 13.2 Å². The van der Waals surface area contributed by atoms with Crippen molar-refractivity contribution in [2.75, 3.05) is 31.1 Å².